The van der Waals surface area contributed by atoms with Crippen molar-refractivity contribution in [3.63, 3.8) is 0 Å². The summed E-state index contributed by atoms with van der Waals surface area (Å²) in [5.74, 6) is 0.243. The van der Waals surface area contributed by atoms with Crippen molar-refractivity contribution in [2.45, 2.75) is 6.61 Å². The molecular weight excluding hydrogens is 355 g/mol. The van der Waals surface area contributed by atoms with Crippen LogP contribution >= 0.6 is 23.2 Å². The molecule has 0 spiro atoms. The van der Waals surface area contributed by atoms with Crippen molar-refractivity contribution in [1.29, 1.82) is 0 Å². The number of aromatic nitrogens is 1. The van der Waals surface area contributed by atoms with Crippen LogP contribution in [-0.2, 0) is 6.61 Å². The Morgan fingerprint density at radius 2 is 1.92 bits per heavy atom. The van der Waals surface area contributed by atoms with E-state index in [-0.39, 0.29) is 22.7 Å². The number of benzene rings is 2. The Labute approximate surface area is 146 Å². The zero-order chi connectivity index (χ0) is 17.3. The van der Waals surface area contributed by atoms with Gasteiger partial charge in [0.05, 0.1) is 27.7 Å². The summed E-state index contributed by atoms with van der Waals surface area (Å²) in [5.41, 5.74) is 1.13. The molecule has 0 atom stereocenters. The van der Waals surface area contributed by atoms with Gasteiger partial charge in [0.1, 0.15) is 5.69 Å². The third kappa shape index (κ3) is 2.87. The van der Waals surface area contributed by atoms with Crippen LogP contribution in [0.4, 0.5) is 5.69 Å². The highest BCUT2D eigenvalue weighted by atomic mass is 35.5. The molecule has 24 heavy (non-hydrogen) atoms. The topological polar surface area (TPSA) is 89.4 Å². The number of nitro benzene ring substituents is 1. The Balaban J connectivity index is 2.20. The van der Waals surface area contributed by atoms with E-state index in [0.717, 1.165) is 0 Å². The quantitative estimate of drug-likeness (QED) is 0.534. The van der Waals surface area contributed by atoms with Gasteiger partial charge >= 0.3 is 0 Å². The lowest BCUT2D eigenvalue weighted by molar-refractivity contribution is -0.384. The van der Waals surface area contributed by atoms with E-state index in [2.05, 4.69) is 5.16 Å². The van der Waals surface area contributed by atoms with Crippen LogP contribution < -0.4 is 0 Å². The monoisotopic (exact) mass is 364 g/mol. The number of rotatable bonds is 4. The maximum absolute atomic E-state index is 11.2. The van der Waals surface area contributed by atoms with Crippen LogP contribution in [0, 0.1) is 10.1 Å². The van der Waals surface area contributed by atoms with Gasteiger partial charge in [0.2, 0.25) is 0 Å². The summed E-state index contributed by atoms with van der Waals surface area (Å²) in [4.78, 5) is 10.7. The van der Waals surface area contributed by atoms with E-state index < -0.39 is 11.5 Å². The van der Waals surface area contributed by atoms with Crippen molar-refractivity contribution < 1.29 is 14.6 Å². The minimum Gasteiger partial charge on any atom is -0.391 e. The molecule has 122 valence electrons. The van der Waals surface area contributed by atoms with Gasteiger partial charge in [-0.05, 0) is 24.3 Å². The number of nitrogens with zero attached hydrogens (tertiary/aromatic N) is 2. The average Bonchev–Trinajstić information content (AvgIpc) is 2.98. The summed E-state index contributed by atoms with van der Waals surface area (Å²) in [5, 5.41) is 25.6. The fourth-order valence-corrected chi connectivity index (χ4v) is 2.88. The van der Waals surface area contributed by atoms with Crippen LogP contribution in [-0.4, -0.2) is 15.2 Å². The smallest absolute Gasteiger partial charge is 0.278 e. The molecule has 1 N–H and O–H groups in total. The fourth-order valence-electron chi connectivity index (χ4n) is 2.39. The van der Waals surface area contributed by atoms with Gasteiger partial charge in [-0.15, -0.1) is 0 Å². The van der Waals surface area contributed by atoms with Crippen LogP contribution in [0.2, 0.25) is 10.0 Å². The zero-order valence-corrected chi connectivity index (χ0v) is 13.6. The number of hydrogen-bond donors (Lipinski definition) is 1. The third-order valence-corrected chi connectivity index (χ3v) is 4.03. The Kier molecular flexibility index (Phi) is 4.53. The van der Waals surface area contributed by atoms with E-state index in [1.807, 2.05) is 0 Å². The minimum atomic E-state index is -0.514. The number of nitro groups is 1. The number of aliphatic hydroxyl groups excluding tert-OH is 1. The van der Waals surface area contributed by atoms with Gasteiger partial charge in [-0.1, -0.05) is 40.5 Å². The molecule has 0 radical (unpaired) electrons. The first kappa shape index (κ1) is 16.4. The van der Waals surface area contributed by atoms with Crippen LogP contribution in [0.1, 0.15) is 5.56 Å². The van der Waals surface area contributed by atoms with Crippen molar-refractivity contribution in [3.8, 4) is 22.6 Å². The lowest BCUT2D eigenvalue weighted by atomic mass is 10.0. The molecule has 1 aromatic heterocycles. The highest BCUT2D eigenvalue weighted by Crippen LogP contribution is 2.39. The van der Waals surface area contributed by atoms with Gasteiger partial charge < -0.3 is 9.63 Å². The summed E-state index contributed by atoms with van der Waals surface area (Å²) >= 11 is 12.0. The van der Waals surface area contributed by atoms with Crippen molar-refractivity contribution in [1.82, 2.24) is 5.16 Å². The molecule has 1 heterocycles. The number of aliphatic hydroxyl groups is 1. The van der Waals surface area contributed by atoms with Crippen LogP contribution in [0.3, 0.4) is 0 Å². The second-order valence-electron chi connectivity index (χ2n) is 4.90. The van der Waals surface area contributed by atoms with Gasteiger partial charge in [-0.3, -0.25) is 10.1 Å². The van der Waals surface area contributed by atoms with Crippen molar-refractivity contribution in [2.75, 3.05) is 0 Å². The summed E-state index contributed by atoms with van der Waals surface area (Å²) in [6, 6.07) is 10.9. The van der Waals surface area contributed by atoms with Gasteiger partial charge in [0, 0.05) is 16.7 Å². The van der Waals surface area contributed by atoms with Crippen molar-refractivity contribution in [2.24, 2.45) is 0 Å². The second kappa shape index (κ2) is 6.60. The van der Waals surface area contributed by atoms with E-state index in [9.17, 15) is 15.2 Å². The summed E-state index contributed by atoms with van der Waals surface area (Å²) in [6.07, 6.45) is 0. The van der Waals surface area contributed by atoms with Crippen LogP contribution in [0.25, 0.3) is 22.6 Å². The maximum Gasteiger partial charge on any atom is 0.278 e. The summed E-state index contributed by atoms with van der Waals surface area (Å²) in [6.45, 7) is -0.417. The fraction of sp³-hybridized carbons (Fsp3) is 0.0625. The average molecular weight is 365 g/mol. The Bertz CT molecular complexity index is 924. The van der Waals surface area contributed by atoms with E-state index >= 15 is 0 Å². The molecule has 2 aromatic carbocycles. The molecule has 0 fully saturated rings. The Morgan fingerprint density at radius 1 is 1.17 bits per heavy atom. The van der Waals surface area contributed by atoms with Gasteiger partial charge in [0.15, 0.2) is 5.76 Å². The standard InChI is InChI=1S/C16H10Cl2N2O4/c17-9-5-6-10(13(18)7-9)16-12(8-21)15(19-24-16)11-3-1-2-4-14(11)20(22)23/h1-7,21H,8H2. The van der Waals surface area contributed by atoms with Gasteiger partial charge in [-0.25, -0.2) is 0 Å². The predicted molar refractivity (Wildman–Crippen MR) is 90.0 cm³/mol. The first-order valence-electron chi connectivity index (χ1n) is 6.81. The normalized spacial score (nSPS) is 10.8. The second-order valence-corrected chi connectivity index (χ2v) is 5.74. The molecule has 0 amide bonds. The van der Waals surface area contributed by atoms with Crippen molar-refractivity contribution >= 4 is 28.9 Å². The molecule has 0 saturated heterocycles. The van der Waals surface area contributed by atoms with E-state index in [1.165, 1.54) is 12.1 Å². The molecule has 3 aromatic rings. The van der Waals surface area contributed by atoms with Crippen LogP contribution in [0.15, 0.2) is 47.0 Å². The molecule has 6 nitrogen and oxygen atoms in total. The lowest BCUT2D eigenvalue weighted by Crippen LogP contribution is -1.95. The molecule has 0 unspecified atom stereocenters. The molecule has 0 aliphatic heterocycles. The predicted octanol–water partition coefficient (Wildman–Crippen LogP) is 4.72. The summed E-state index contributed by atoms with van der Waals surface area (Å²) < 4.78 is 5.32. The SMILES string of the molecule is O=[N+]([O-])c1ccccc1-c1noc(-c2ccc(Cl)cc2Cl)c1CO. The van der Waals surface area contributed by atoms with Crippen molar-refractivity contribution in [3.05, 3.63) is 68.2 Å². The van der Waals surface area contributed by atoms with E-state index in [4.69, 9.17) is 27.7 Å². The molecule has 8 heteroatoms. The molecule has 0 bridgehead atoms. The molecule has 0 saturated carbocycles. The van der Waals surface area contributed by atoms with E-state index in [1.54, 1.807) is 30.3 Å². The molecule has 3 rings (SSSR count). The molecule has 0 aliphatic carbocycles. The number of para-hydroxylation sites is 1. The highest BCUT2D eigenvalue weighted by Gasteiger charge is 2.25. The maximum atomic E-state index is 11.2. The Hall–Kier alpha value is -2.41. The van der Waals surface area contributed by atoms with Gasteiger partial charge in [-0.2, -0.15) is 0 Å². The minimum absolute atomic E-state index is 0.130. The zero-order valence-electron chi connectivity index (χ0n) is 12.1. The Morgan fingerprint density at radius 3 is 2.58 bits per heavy atom. The van der Waals surface area contributed by atoms with E-state index in [0.29, 0.717) is 21.2 Å². The lowest BCUT2D eigenvalue weighted by Gasteiger charge is -2.04. The number of halogens is 2. The molecule has 0 aliphatic rings. The molecular formula is C16H10Cl2N2O4. The third-order valence-electron chi connectivity index (χ3n) is 3.48. The first-order valence-corrected chi connectivity index (χ1v) is 7.57. The highest BCUT2D eigenvalue weighted by molar-refractivity contribution is 6.36. The summed E-state index contributed by atoms with van der Waals surface area (Å²) in [7, 11) is 0. The number of hydrogen-bond acceptors (Lipinski definition) is 5. The van der Waals surface area contributed by atoms with Crippen LogP contribution in [0.5, 0.6) is 0 Å². The van der Waals surface area contributed by atoms with Gasteiger partial charge in [0.25, 0.3) is 5.69 Å². The first-order chi connectivity index (χ1) is 11.5. The largest absolute Gasteiger partial charge is 0.391 e.